The molecule has 2 N–H and O–H groups in total. The van der Waals surface area contributed by atoms with Gasteiger partial charge in [-0.1, -0.05) is 6.07 Å². The van der Waals surface area contributed by atoms with Gasteiger partial charge in [0, 0.05) is 18.7 Å². The molecule has 4 nitrogen and oxygen atoms in total. The fourth-order valence-corrected chi connectivity index (χ4v) is 1.93. The number of carboxylic acids is 1. The number of hydrogen-bond acceptors (Lipinski definition) is 3. The molecule has 0 aliphatic carbocycles. The third-order valence-electron chi connectivity index (χ3n) is 2.78. The topological polar surface area (TPSA) is 62.2 Å². The zero-order valence-corrected chi connectivity index (χ0v) is 10.4. The van der Waals surface area contributed by atoms with Gasteiger partial charge in [-0.25, -0.2) is 4.98 Å². The summed E-state index contributed by atoms with van der Waals surface area (Å²) in [5.74, 6) is 0.246. The van der Waals surface area contributed by atoms with Crippen molar-refractivity contribution in [3.63, 3.8) is 0 Å². The van der Waals surface area contributed by atoms with Gasteiger partial charge < -0.3 is 10.4 Å². The molecule has 2 heterocycles. The average molecular weight is 257 g/mol. The molecular weight excluding hydrogens is 240 g/mol. The molecule has 0 saturated carbocycles. The number of anilines is 1. The van der Waals surface area contributed by atoms with Crippen LogP contribution >= 0.6 is 12.4 Å². The minimum atomic E-state index is -0.740. The summed E-state index contributed by atoms with van der Waals surface area (Å²) in [6.07, 6.45) is 3.85. The smallest absolute Gasteiger partial charge is 0.303 e. The Morgan fingerprint density at radius 1 is 1.47 bits per heavy atom. The van der Waals surface area contributed by atoms with Gasteiger partial charge in [0.2, 0.25) is 0 Å². The molecule has 0 radical (unpaired) electrons. The van der Waals surface area contributed by atoms with Crippen LogP contribution in [0.2, 0.25) is 0 Å². The van der Waals surface area contributed by atoms with Crippen LogP contribution in [0, 0.1) is 0 Å². The van der Waals surface area contributed by atoms with Gasteiger partial charge in [0.1, 0.15) is 5.82 Å². The van der Waals surface area contributed by atoms with Crippen molar-refractivity contribution in [2.24, 2.45) is 0 Å². The molecule has 2 rings (SSSR count). The number of carboxylic acid groups (broad SMARTS) is 1. The molecule has 0 aromatic carbocycles. The zero-order chi connectivity index (χ0) is 11.4. The number of aromatic nitrogens is 1. The maximum absolute atomic E-state index is 10.4. The van der Waals surface area contributed by atoms with Crippen molar-refractivity contribution in [3.05, 3.63) is 23.4 Å². The Hall–Kier alpha value is -1.29. The number of fused-ring (bicyclic) bond motifs is 1. The van der Waals surface area contributed by atoms with Crippen LogP contribution in [-0.4, -0.2) is 22.6 Å². The van der Waals surface area contributed by atoms with Crippen LogP contribution in [0.1, 0.15) is 30.5 Å². The van der Waals surface area contributed by atoms with Crippen LogP contribution in [-0.2, 0) is 17.6 Å². The summed E-state index contributed by atoms with van der Waals surface area (Å²) in [5, 5.41) is 11.8. The highest BCUT2D eigenvalue weighted by Gasteiger charge is 2.10. The number of carbonyl (C=O) groups is 1. The van der Waals surface area contributed by atoms with Crippen molar-refractivity contribution < 1.29 is 9.90 Å². The van der Waals surface area contributed by atoms with E-state index in [9.17, 15) is 4.79 Å². The summed E-state index contributed by atoms with van der Waals surface area (Å²) in [7, 11) is 0. The van der Waals surface area contributed by atoms with Crippen LogP contribution in [0.25, 0.3) is 0 Å². The van der Waals surface area contributed by atoms with Gasteiger partial charge in [-0.15, -0.1) is 12.4 Å². The van der Waals surface area contributed by atoms with E-state index in [1.165, 1.54) is 5.56 Å². The lowest BCUT2D eigenvalue weighted by Crippen LogP contribution is -2.14. The average Bonchev–Trinajstić information content (AvgIpc) is 2.28. The molecule has 0 spiro atoms. The van der Waals surface area contributed by atoms with E-state index in [-0.39, 0.29) is 18.8 Å². The second-order valence-corrected chi connectivity index (χ2v) is 4.09. The van der Waals surface area contributed by atoms with E-state index in [0.29, 0.717) is 6.42 Å². The van der Waals surface area contributed by atoms with Gasteiger partial charge >= 0.3 is 5.97 Å². The van der Waals surface area contributed by atoms with Crippen molar-refractivity contribution in [3.8, 4) is 0 Å². The molecule has 0 saturated heterocycles. The molecule has 94 valence electrons. The molecule has 1 aromatic rings. The number of hydrogen-bond donors (Lipinski definition) is 2. The van der Waals surface area contributed by atoms with Crippen molar-refractivity contribution in [2.75, 3.05) is 11.9 Å². The Kier molecular flexibility index (Phi) is 5.22. The van der Waals surface area contributed by atoms with Gasteiger partial charge in [0.25, 0.3) is 0 Å². The maximum atomic E-state index is 10.4. The quantitative estimate of drug-likeness (QED) is 0.868. The molecule has 1 aliphatic rings. The van der Waals surface area contributed by atoms with Gasteiger partial charge in [-0.3, -0.25) is 4.79 Å². The molecule has 0 bridgehead atoms. The highest BCUT2D eigenvalue weighted by atomic mass is 35.5. The van der Waals surface area contributed by atoms with E-state index < -0.39 is 5.97 Å². The van der Waals surface area contributed by atoms with Crippen molar-refractivity contribution >= 4 is 24.2 Å². The number of aliphatic carboxylic acids is 1. The fraction of sp³-hybridized carbons (Fsp3) is 0.500. The van der Waals surface area contributed by atoms with Crippen molar-refractivity contribution in [1.29, 1.82) is 0 Å². The van der Waals surface area contributed by atoms with Gasteiger partial charge in [-0.05, 0) is 37.3 Å². The van der Waals surface area contributed by atoms with Crippen molar-refractivity contribution in [2.45, 2.75) is 32.1 Å². The molecule has 0 fully saturated rings. The number of halogens is 1. The van der Waals surface area contributed by atoms with E-state index in [0.717, 1.165) is 37.3 Å². The summed E-state index contributed by atoms with van der Waals surface area (Å²) in [5.41, 5.74) is 2.25. The van der Waals surface area contributed by atoms with Crippen LogP contribution in [0.15, 0.2) is 12.1 Å². The predicted octanol–water partition coefficient (Wildman–Crippen LogP) is 2.27. The minimum absolute atomic E-state index is 0. The standard InChI is InChI=1S/C12H16N2O2.ClH/c15-11(16)5-1-4-10-7-6-9-3-2-8-13-12(9)14-10;/h6-7H,1-5,8H2,(H,13,14)(H,15,16);1H. The maximum Gasteiger partial charge on any atom is 0.303 e. The van der Waals surface area contributed by atoms with Gasteiger partial charge in [0.15, 0.2) is 0 Å². The number of nitrogens with zero attached hydrogens (tertiary/aromatic N) is 1. The van der Waals surface area contributed by atoms with Crippen LogP contribution < -0.4 is 5.32 Å². The third kappa shape index (κ3) is 3.89. The first-order chi connectivity index (χ1) is 7.75. The largest absolute Gasteiger partial charge is 0.481 e. The molecule has 0 atom stereocenters. The lowest BCUT2D eigenvalue weighted by atomic mass is 10.1. The van der Waals surface area contributed by atoms with Crippen LogP contribution in [0.4, 0.5) is 5.82 Å². The normalized spacial score (nSPS) is 13.2. The summed E-state index contributed by atoms with van der Waals surface area (Å²) in [4.78, 5) is 14.9. The first-order valence-corrected chi connectivity index (χ1v) is 5.70. The highest BCUT2D eigenvalue weighted by molar-refractivity contribution is 5.85. The number of aryl methyl sites for hydroxylation is 2. The molecule has 1 aromatic heterocycles. The van der Waals surface area contributed by atoms with Crippen LogP contribution in [0.5, 0.6) is 0 Å². The summed E-state index contributed by atoms with van der Waals surface area (Å²) < 4.78 is 0. The van der Waals surface area contributed by atoms with Gasteiger partial charge in [0.05, 0.1) is 0 Å². The second kappa shape index (κ2) is 6.45. The monoisotopic (exact) mass is 256 g/mol. The molecule has 0 unspecified atom stereocenters. The summed E-state index contributed by atoms with van der Waals surface area (Å²) >= 11 is 0. The Morgan fingerprint density at radius 3 is 3.06 bits per heavy atom. The summed E-state index contributed by atoms with van der Waals surface area (Å²) in [6, 6.07) is 4.11. The predicted molar refractivity (Wildman–Crippen MR) is 68.9 cm³/mol. The molecule has 17 heavy (non-hydrogen) atoms. The SMILES string of the molecule is Cl.O=C(O)CCCc1ccc2c(n1)NCCC2. The molecule has 1 aliphatic heterocycles. The molecule has 0 amide bonds. The number of nitrogens with one attached hydrogen (secondary N) is 1. The van der Waals surface area contributed by atoms with E-state index >= 15 is 0 Å². The molecular formula is C12H17ClN2O2. The number of pyridine rings is 1. The lowest BCUT2D eigenvalue weighted by molar-refractivity contribution is -0.137. The first-order valence-electron chi connectivity index (χ1n) is 5.70. The zero-order valence-electron chi connectivity index (χ0n) is 9.61. The lowest BCUT2D eigenvalue weighted by Gasteiger charge is -2.17. The van der Waals surface area contributed by atoms with Gasteiger partial charge in [-0.2, -0.15) is 0 Å². The Morgan fingerprint density at radius 2 is 2.29 bits per heavy atom. The van der Waals surface area contributed by atoms with E-state index in [1.807, 2.05) is 6.07 Å². The van der Waals surface area contributed by atoms with E-state index in [2.05, 4.69) is 16.4 Å². The second-order valence-electron chi connectivity index (χ2n) is 4.09. The Balaban J connectivity index is 0.00000144. The van der Waals surface area contributed by atoms with Crippen molar-refractivity contribution in [1.82, 2.24) is 4.98 Å². The highest BCUT2D eigenvalue weighted by Crippen LogP contribution is 2.20. The third-order valence-corrected chi connectivity index (χ3v) is 2.78. The minimum Gasteiger partial charge on any atom is -0.481 e. The summed E-state index contributed by atoms with van der Waals surface area (Å²) in [6.45, 7) is 0.985. The van der Waals surface area contributed by atoms with E-state index in [4.69, 9.17) is 5.11 Å². The first kappa shape index (κ1) is 13.8. The number of rotatable bonds is 4. The Bertz CT molecular complexity index is 396. The Labute approximate surface area is 107 Å². The molecule has 5 heteroatoms. The fourth-order valence-electron chi connectivity index (χ4n) is 1.93. The van der Waals surface area contributed by atoms with E-state index in [1.54, 1.807) is 0 Å². The van der Waals surface area contributed by atoms with Crippen LogP contribution in [0.3, 0.4) is 0 Å².